The molecule has 1 atom stereocenters. The minimum atomic E-state index is -1.57. The second-order valence-corrected chi connectivity index (χ2v) is 7.05. The molecule has 118 valence electrons. The van der Waals surface area contributed by atoms with Gasteiger partial charge in [0.2, 0.25) is 3.79 Å². The highest BCUT2D eigenvalue weighted by atomic mass is 35.6. The minimum absolute atomic E-state index is 0.00670. The van der Waals surface area contributed by atoms with E-state index in [2.05, 4.69) is 0 Å². The van der Waals surface area contributed by atoms with Crippen LogP contribution in [0.2, 0.25) is 0 Å². The van der Waals surface area contributed by atoms with Crippen molar-refractivity contribution in [2.75, 3.05) is 14.2 Å². The monoisotopic (exact) mass is 360 g/mol. The van der Waals surface area contributed by atoms with Crippen LogP contribution in [0.25, 0.3) is 0 Å². The Bertz CT molecular complexity index is 636. The van der Waals surface area contributed by atoms with E-state index in [0.29, 0.717) is 17.1 Å². The molecule has 0 heterocycles. The fourth-order valence-electron chi connectivity index (χ4n) is 2.25. The van der Waals surface area contributed by atoms with Crippen LogP contribution >= 0.6 is 34.8 Å². The van der Waals surface area contributed by atoms with Gasteiger partial charge in [-0.3, -0.25) is 0 Å². The zero-order valence-corrected chi connectivity index (χ0v) is 14.3. The summed E-state index contributed by atoms with van der Waals surface area (Å²) in [5.41, 5.74) is 1.47. The van der Waals surface area contributed by atoms with Gasteiger partial charge in [0, 0.05) is 0 Å². The molecule has 6 heteroatoms. The van der Waals surface area contributed by atoms with Crippen molar-refractivity contribution >= 4 is 34.8 Å². The van der Waals surface area contributed by atoms with E-state index in [0.717, 1.165) is 5.56 Å². The van der Waals surface area contributed by atoms with Crippen molar-refractivity contribution in [2.45, 2.75) is 9.71 Å². The fourth-order valence-corrected chi connectivity index (χ4v) is 3.01. The number of methoxy groups -OCH3 is 2. The lowest BCUT2D eigenvalue weighted by Gasteiger charge is -2.26. The van der Waals surface area contributed by atoms with Gasteiger partial charge >= 0.3 is 0 Å². The van der Waals surface area contributed by atoms with E-state index in [1.165, 1.54) is 13.2 Å². The van der Waals surface area contributed by atoms with Gasteiger partial charge in [-0.2, -0.15) is 0 Å². The van der Waals surface area contributed by atoms with Gasteiger partial charge in [-0.25, -0.2) is 0 Å². The second kappa shape index (κ2) is 6.86. The van der Waals surface area contributed by atoms with Gasteiger partial charge in [-0.05, 0) is 35.4 Å². The van der Waals surface area contributed by atoms with Crippen molar-refractivity contribution in [1.82, 2.24) is 0 Å². The number of ether oxygens (including phenoxy) is 2. The molecule has 2 rings (SSSR count). The summed E-state index contributed by atoms with van der Waals surface area (Å²) < 4.78 is 8.60. The van der Waals surface area contributed by atoms with Crippen LogP contribution in [0.15, 0.2) is 42.5 Å². The third-order valence-electron chi connectivity index (χ3n) is 3.31. The van der Waals surface area contributed by atoms with Crippen LogP contribution in [0, 0.1) is 0 Å². The van der Waals surface area contributed by atoms with E-state index >= 15 is 0 Å². The molecule has 1 unspecified atom stereocenters. The van der Waals surface area contributed by atoms with E-state index in [1.54, 1.807) is 31.4 Å². The average Bonchev–Trinajstić information content (AvgIpc) is 2.47. The van der Waals surface area contributed by atoms with Crippen molar-refractivity contribution in [2.24, 2.45) is 0 Å². The predicted octanol–water partition coefficient (Wildman–Crippen LogP) is 4.91. The molecule has 0 bridgehead atoms. The van der Waals surface area contributed by atoms with Crippen LogP contribution in [-0.2, 0) is 0 Å². The summed E-state index contributed by atoms with van der Waals surface area (Å²) in [5.74, 6) is 0.527. The van der Waals surface area contributed by atoms with Crippen molar-refractivity contribution in [3.05, 3.63) is 53.6 Å². The Hall–Kier alpha value is -1.29. The highest BCUT2D eigenvalue weighted by Crippen LogP contribution is 2.47. The van der Waals surface area contributed by atoms with Crippen LogP contribution in [0.1, 0.15) is 17.0 Å². The number of benzene rings is 2. The molecule has 0 aliphatic heterocycles. The third kappa shape index (κ3) is 3.72. The van der Waals surface area contributed by atoms with Gasteiger partial charge in [0.1, 0.15) is 5.75 Å². The number of hydrogen-bond acceptors (Lipinski definition) is 3. The van der Waals surface area contributed by atoms with Gasteiger partial charge in [0.15, 0.2) is 11.5 Å². The molecule has 0 fully saturated rings. The molecule has 0 aromatic heterocycles. The van der Waals surface area contributed by atoms with Crippen LogP contribution in [-0.4, -0.2) is 23.1 Å². The maximum absolute atomic E-state index is 9.96. The summed E-state index contributed by atoms with van der Waals surface area (Å²) in [6.07, 6.45) is 0. The zero-order valence-electron chi connectivity index (χ0n) is 12.0. The molecule has 0 spiro atoms. The van der Waals surface area contributed by atoms with Crippen LogP contribution in [0.3, 0.4) is 0 Å². The Morgan fingerprint density at radius 2 is 1.50 bits per heavy atom. The van der Waals surface area contributed by atoms with E-state index < -0.39 is 9.71 Å². The van der Waals surface area contributed by atoms with Crippen LogP contribution in [0.5, 0.6) is 17.2 Å². The SMILES string of the molecule is COc1ccc(C(c2ccc(OC)c(O)c2)C(Cl)(Cl)Cl)cc1. The first-order chi connectivity index (χ1) is 10.4. The summed E-state index contributed by atoms with van der Waals surface area (Å²) in [6.45, 7) is 0. The number of aromatic hydroxyl groups is 1. The quantitative estimate of drug-likeness (QED) is 0.786. The summed E-state index contributed by atoms with van der Waals surface area (Å²) in [4.78, 5) is 0. The smallest absolute Gasteiger partial charge is 0.201 e. The Morgan fingerprint density at radius 3 is 1.95 bits per heavy atom. The Balaban J connectivity index is 2.48. The van der Waals surface area contributed by atoms with Crippen molar-refractivity contribution < 1.29 is 14.6 Å². The van der Waals surface area contributed by atoms with Gasteiger partial charge in [0.05, 0.1) is 20.1 Å². The molecule has 0 aliphatic carbocycles. The molecule has 2 aromatic rings. The van der Waals surface area contributed by atoms with Gasteiger partial charge in [-0.1, -0.05) is 53.0 Å². The van der Waals surface area contributed by atoms with Gasteiger partial charge in [-0.15, -0.1) is 0 Å². The first-order valence-electron chi connectivity index (χ1n) is 6.44. The minimum Gasteiger partial charge on any atom is -0.504 e. The second-order valence-electron chi connectivity index (χ2n) is 4.68. The molecule has 0 saturated carbocycles. The van der Waals surface area contributed by atoms with Crippen molar-refractivity contribution in [3.63, 3.8) is 0 Å². The predicted molar refractivity (Wildman–Crippen MR) is 89.8 cm³/mol. The summed E-state index contributed by atoms with van der Waals surface area (Å²) in [7, 11) is 3.06. The number of hydrogen-bond donors (Lipinski definition) is 1. The van der Waals surface area contributed by atoms with E-state index in [4.69, 9.17) is 44.3 Å². The summed E-state index contributed by atoms with van der Waals surface area (Å²) >= 11 is 18.5. The lowest BCUT2D eigenvalue weighted by atomic mass is 9.92. The fraction of sp³-hybridized carbons (Fsp3) is 0.250. The molecule has 0 aliphatic rings. The number of alkyl halides is 3. The summed E-state index contributed by atoms with van der Waals surface area (Å²) in [6, 6.07) is 12.2. The topological polar surface area (TPSA) is 38.7 Å². The first kappa shape index (κ1) is 17.1. The summed E-state index contributed by atoms with van der Waals surface area (Å²) in [5, 5.41) is 9.96. The van der Waals surface area contributed by atoms with E-state index in [9.17, 15) is 5.11 Å². The van der Waals surface area contributed by atoms with Crippen molar-refractivity contribution in [3.8, 4) is 17.2 Å². The Morgan fingerprint density at radius 1 is 0.909 bits per heavy atom. The Kier molecular flexibility index (Phi) is 5.32. The molecule has 3 nitrogen and oxygen atoms in total. The number of phenolic OH excluding ortho intramolecular Hbond substituents is 1. The van der Waals surface area contributed by atoms with Crippen molar-refractivity contribution in [1.29, 1.82) is 0 Å². The lowest BCUT2D eigenvalue weighted by molar-refractivity contribution is 0.373. The maximum Gasteiger partial charge on any atom is 0.201 e. The molecule has 22 heavy (non-hydrogen) atoms. The molecular weight excluding hydrogens is 347 g/mol. The van der Waals surface area contributed by atoms with Crippen LogP contribution in [0.4, 0.5) is 0 Å². The maximum atomic E-state index is 9.96. The average molecular weight is 362 g/mol. The third-order valence-corrected chi connectivity index (χ3v) is 3.97. The molecule has 0 amide bonds. The standard InChI is InChI=1S/C16H15Cl3O3/c1-21-12-6-3-10(4-7-12)15(16(17,18)19)11-5-8-14(22-2)13(20)9-11/h3-9,15,20H,1-2H3. The molecule has 0 saturated heterocycles. The first-order valence-corrected chi connectivity index (χ1v) is 7.57. The van der Waals surface area contributed by atoms with Gasteiger partial charge in [0.25, 0.3) is 0 Å². The highest BCUT2D eigenvalue weighted by molar-refractivity contribution is 6.68. The largest absolute Gasteiger partial charge is 0.504 e. The van der Waals surface area contributed by atoms with Crippen LogP contribution < -0.4 is 9.47 Å². The normalized spacial score (nSPS) is 12.8. The van der Waals surface area contributed by atoms with E-state index in [1.807, 2.05) is 12.1 Å². The number of rotatable bonds is 4. The Labute approximate surface area is 144 Å². The van der Waals surface area contributed by atoms with Gasteiger partial charge < -0.3 is 14.6 Å². The lowest BCUT2D eigenvalue weighted by Crippen LogP contribution is -2.18. The number of phenols is 1. The molecule has 1 N–H and O–H groups in total. The molecule has 0 radical (unpaired) electrons. The highest BCUT2D eigenvalue weighted by Gasteiger charge is 2.35. The molecule has 2 aromatic carbocycles. The number of halogens is 3. The molecular formula is C16H15Cl3O3. The van der Waals surface area contributed by atoms with E-state index in [-0.39, 0.29) is 5.75 Å². The zero-order chi connectivity index (χ0) is 16.3.